The molecular formula is C18H27N3. The van der Waals surface area contributed by atoms with E-state index in [2.05, 4.69) is 67.1 Å². The Labute approximate surface area is 127 Å². The number of nitrogens with one attached hydrogen (secondary N) is 1. The van der Waals surface area contributed by atoms with Crippen LogP contribution in [0.2, 0.25) is 0 Å². The van der Waals surface area contributed by atoms with Crippen molar-refractivity contribution in [2.75, 3.05) is 32.1 Å². The zero-order valence-electron chi connectivity index (χ0n) is 13.7. The zero-order valence-corrected chi connectivity index (χ0v) is 13.7. The average molecular weight is 285 g/mol. The number of anilines is 1. The van der Waals surface area contributed by atoms with Crippen LogP contribution in [-0.2, 0) is 0 Å². The Balaban J connectivity index is 1.84. The zero-order chi connectivity index (χ0) is 15.0. The first-order chi connectivity index (χ1) is 10.1. The first kappa shape index (κ1) is 14.5. The lowest BCUT2D eigenvalue weighted by atomic mass is 10.0. The second-order valence-corrected chi connectivity index (χ2v) is 6.79. The molecule has 0 saturated carbocycles. The lowest BCUT2D eigenvalue weighted by molar-refractivity contribution is 0.314. The molecule has 1 atom stereocenters. The van der Waals surface area contributed by atoms with Crippen molar-refractivity contribution in [3.63, 3.8) is 0 Å². The highest BCUT2D eigenvalue weighted by atomic mass is 15.2. The molecule has 114 valence electrons. The summed E-state index contributed by atoms with van der Waals surface area (Å²) in [5.41, 5.74) is 3.98. The van der Waals surface area contributed by atoms with Crippen molar-refractivity contribution in [2.24, 2.45) is 0 Å². The highest BCUT2D eigenvalue weighted by Gasteiger charge is 2.22. The summed E-state index contributed by atoms with van der Waals surface area (Å²) in [6.07, 6.45) is 4.82. The van der Waals surface area contributed by atoms with Crippen molar-refractivity contribution in [3.8, 4) is 0 Å². The number of nitrogens with zero attached hydrogens (tertiary/aromatic N) is 2. The molecule has 1 unspecified atom stereocenters. The van der Waals surface area contributed by atoms with E-state index in [0.29, 0.717) is 12.0 Å². The summed E-state index contributed by atoms with van der Waals surface area (Å²) in [7, 11) is 4.47. The van der Waals surface area contributed by atoms with Crippen LogP contribution in [0, 0.1) is 0 Å². The van der Waals surface area contributed by atoms with E-state index in [4.69, 9.17) is 0 Å². The molecule has 1 fully saturated rings. The minimum atomic E-state index is 0.556. The van der Waals surface area contributed by atoms with Gasteiger partial charge in [-0.3, -0.25) is 0 Å². The van der Waals surface area contributed by atoms with Gasteiger partial charge in [0.05, 0.1) is 0 Å². The van der Waals surface area contributed by atoms with Crippen molar-refractivity contribution in [1.82, 2.24) is 9.88 Å². The van der Waals surface area contributed by atoms with Crippen molar-refractivity contribution < 1.29 is 0 Å². The highest BCUT2D eigenvalue weighted by molar-refractivity contribution is 5.87. The summed E-state index contributed by atoms with van der Waals surface area (Å²) in [5.74, 6) is 0.556. The second kappa shape index (κ2) is 5.72. The summed E-state index contributed by atoms with van der Waals surface area (Å²) in [6, 6.07) is 7.49. The molecule has 0 bridgehead atoms. The van der Waals surface area contributed by atoms with E-state index >= 15 is 0 Å². The molecule has 1 saturated heterocycles. The number of H-pyrrole nitrogens is 1. The summed E-state index contributed by atoms with van der Waals surface area (Å²) >= 11 is 0. The van der Waals surface area contributed by atoms with E-state index in [-0.39, 0.29) is 0 Å². The van der Waals surface area contributed by atoms with Crippen LogP contribution in [0.15, 0.2) is 24.4 Å². The Bertz CT molecular complexity index is 614. The molecule has 1 aliphatic heterocycles. The van der Waals surface area contributed by atoms with E-state index in [1.807, 2.05) is 0 Å². The predicted octanol–water partition coefficient (Wildman–Crippen LogP) is 3.82. The lowest BCUT2D eigenvalue weighted by Crippen LogP contribution is -2.36. The van der Waals surface area contributed by atoms with Crippen LogP contribution in [-0.4, -0.2) is 43.1 Å². The minimum Gasteiger partial charge on any atom is -0.373 e. The number of aromatic nitrogens is 1. The predicted molar refractivity (Wildman–Crippen MR) is 91.3 cm³/mol. The summed E-state index contributed by atoms with van der Waals surface area (Å²) in [5, 5.41) is 1.37. The summed E-state index contributed by atoms with van der Waals surface area (Å²) in [6.45, 7) is 6.87. The molecule has 1 N–H and O–H groups in total. The molecule has 2 aromatic rings. The van der Waals surface area contributed by atoms with Gasteiger partial charge in [-0.2, -0.15) is 0 Å². The topological polar surface area (TPSA) is 22.3 Å². The van der Waals surface area contributed by atoms with Gasteiger partial charge < -0.3 is 14.8 Å². The van der Waals surface area contributed by atoms with Crippen LogP contribution < -0.4 is 4.90 Å². The van der Waals surface area contributed by atoms with E-state index in [1.54, 1.807) is 0 Å². The molecule has 3 heteroatoms. The second-order valence-electron chi connectivity index (χ2n) is 6.79. The van der Waals surface area contributed by atoms with E-state index in [9.17, 15) is 0 Å². The number of benzene rings is 1. The van der Waals surface area contributed by atoms with Crippen molar-refractivity contribution in [2.45, 2.75) is 38.6 Å². The quantitative estimate of drug-likeness (QED) is 0.922. The molecule has 0 amide bonds. The first-order valence-corrected chi connectivity index (χ1v) is 8.08. The fraction of sp³-hybridized carbons (Fsp3) is 0.556. The minimum absolute atomic E-state index is 0.556. The summed E-state index contributed by atoms with van der Waals surface area (Å²) < 4.78 is 0. The van der Waals surface area contributed by atoms with Gasteiger partial charge >= 0.3 is 0 Å². The maximum atomic E-state index is 3.39. The standard InChI is InChI=1S/C18H27N3/c1-13(2)17-11-19-18-8-7-14(10-16(17)18)21(4)12-15-6-5-9-20(15)3/h7-8,10-11,13,15,19H,5-6,9,12H2,1-4H3. The number of likely N-dealkylation sites (N-methyl/N-ethyl adjacent to an activating group) is 2. The van der Waals surface area contributed by atoms with Crippen LogP contribution in [0.4, 0.5) is 5.69 Å². The highest BCUT2D eigenvalue weighted by Crippen LogP contribution is 2.29. The van der Waals surface area contributed by atoms with Crippen molar-refractivity contribution >= 4 is 16.6 Å². The van der Waals surface area contributed by atoms with Crippen LogP contribution in [0.25, 0.3) is 10.9 Å². The molecule has 0 aliphatic carbocycles. The van der Waals surface area contributed by atoms with E-state index in [1.165, 1.54) is 41.5 Å². The maximum absolute atomic E-state index is 3.39. The number of aromatic amines is 1. The molecule has 0 radical (unpaired) electrons. The maximum Gasteiger partial charge on any atom is 0.0458 e. The lowest BCUT2D eigenvalue weighted by Gasteiger charge is -2.27. The molecule has 3 nitrogen and oxygen atoms in total. The summed E-state index contributed by atoms with van der Waals surface area (Å²) in [4.78, 5) is 8.29. The molecule has 1 aromatic heterocycles. The van der Waals surface area contributed by atoms with Crippen LogP contribution in [0.5, 0.6) is 0 Å². The fourth-order valence-corrected chi connectivity index (χ4v) is 3.48. The SMILES string of the molecule is CC(C)c1c[nH]c2ccc(N(C)CC3CCCN3C)cc12. The van der Waals surface area contributed by atoms with Gasteiger partial charge in [0, 0.05) is 42.4 Å². The average Bonchev–Trinajstić information content (AvgIpc) is 3.04. The number of fused-ring (bicyclic) bond motifs is 1. The van der Waals surface area contributed by atoms with Gasteiger partial charge in [-0.25, -0.2) is 0 Å². The third-order valence-electron chi connectivity index (χ3n) is 4.92. The van der Waals surface area contributed by atoms with E-state index in [0.717, 1.165) is 6.54 Å². The smallest absolute Gasteiger partial charge is 0.0458 e. The Morgan fingerprint density at radius 1 is 1.38 bits per heavy atom. The third-order valence-corrected chi connectivity index (χ3v) is 4.92. The number of hydrogen-bond acceptors (Lipinski definition) is 2. The molecule has 0 spiro atoms. The van der Waals surface area contributed by atoms with Gasteiger partial charge in [-0.05, 0) is 56.1 Å². The number of likely N-dealkylation sites (tertiary alicyclic amines) is 1. The first-order valence-electron chi connectivity index (χ1n) is 8.08. The largest absolute Gasteiger partial charge is 0.373 e. The molecule has 2 heterocycles. The Kier molecular flexibility index (Phi) is 3.94. The third kappa shape index (κ3) is 2.80. The molecule has 1 aromatic carbocycles. The van der Waals surface area contributed by atoms with Gasteiger partial charge in [0.15, 0.2) is 0 Å². The molecule has 3 rings (SSSR count). The Morgan fingerprint density at radius 2 is 2.19 bits per heavy atom. The fourth-order valence-electron chi connectivity index (χ4n) is 3.48. The monoisotopic (exact) mass is 285 g/mol. The van der Waals surface area contributed by atoms with Gasteiger partial charge in [0.2, 0.25) is 0 Å². The number of rotatable bonds is 4. The van der Waals surface area contributed by atoms with Crippen LogP contribution in [0.3, 0.4) is 0 Å². The van der Waals surface area contributed by atoms with E-state index < -0.39 is 0 Å². The van der Waals surface area contributed by atoms with Gasteiger partial charge in [0.25, 0.3) is 0 Å². The van der Waals surface area contributed by atoms with Crippen LogP contribution >= 0.6 is 0 Å². The van der Waals surface area contributed by atoms with Gasteiger partial charge in [0.1, 0.15) is 0 Å². The van der Waals surface area contributed by atoms with Crippen LogP contribution in [0.1, 0.15) is 38.2 Å². The van der Waals surface area contributed by atoms with Crippen molar-refractivity contribution in [3.05, 3.63) is 30.0 Å². The van der Waals surface area contributed by atoms with Gasteiger partial charge in [-0.15, -0.1) is 0 Å². The molecule has 21 heavy (non-hydrogen) atoms. The van der Waals surface area contributed by atoms with Crippen molar-refractivity contribution in [1.29, 1.82) is 0 Å². The molecular weight excluding hydrogens is 258 g/mol. The number of hydrogen-bond donors (Lipinski definition) is 1. The Hall–Kier alpha value is -1.48. The normalized spacial score (nSPS) is 19.8. The molecule has 1 aliphatic rings. The van der Waals surface area contributed by atoms with Gasteiger partial charge in [-0.1, -0.05) is 13.8 Å². The Morgan fingerprint density at radius 3 is 2.86 bits per heavy atom.